The Hall–Kier alpha value is -14.4. The van der Waals surface area contributed by atoms with Gasteiger partial charge in [0.05, 0.1) is 99.4 Å². The van der Waals surface area contributed by atoms with Gasteiger partial charge in [-0.15, -0.1) is 0 Å². The zero-order valence-electron chi connectivity index (χ0n) is 81.7. The molecule has 12 atom stereocenters. The first-order chi connectivity index (χ1) is 69.0. The fraction of sp³-hybridized carbons (Fsp3) is 0.333. The summed E-state index contributed by atoms with van der Waals surface area (Å²) in [6.45, 7) is 32.3. The van der Waals surface area contributed by atoms with Crippen LogP contribution in [0.3, 0.4) is 0 Å². The summed E-state index contributed by atoms with van der Waals surface area (Å²) in [6.07, 6.45) is 26.0. The Balaban J connectivity index is 0.000000122. The van der Waals surface area contributed by atoms with E-state index in [-0.39, 0.29) is 105 Å². The lowest BCUT2D eigenvalue weighted by Gasteiger charge is -2.48. The van der Waals surface area contributed by atoms with Gasteiger partial charge in [0.2, 0.25) is 5.70 Å². The van der Waals surface area contributed by atoms with Crippen molar-refractivity contribution >= 4 is 37.6 Å². The number of aromatic nitrogens is 14. The minimum absolute atomic E-state index is 0.00762. The number of ketones is 1. The summed E-state index contributed by atoms with van der Waals surface area (Å²) < 4.78 is 118. The van der Waals surface area contributed by atoms with Gasteiger partial charge in [0.15, 0.2) is 29.1 Å². The third-order valence-corrected chi connectivity index (χ3v) is 33.3. The van der Waals surface area contributed by atoms with E-state index in [1.165, 1.54) is 36.8 Å². The number of Topliss-reactive ketones (excluding diaryl/α,β-unsaturated/α-hetero) is 1. The minimum atomic E-state index is -3.16. The number of hydrogen-bond acceptors (Lipinski definition) is 23. The van der Waals surface area contributed by atoms with Crippen LogP contribution in [0.1, 0.15) is 196 Å². The van der Waals surface area contributed by atoms with Crippen molar-refractivity contribution < 1.29 is 58.5 Å². The first kappa shape index (κ1) is 98.3. The molecule has 14 aromatic rings. The average molecular weight is 1970 g/mol. The molecule has 0 bridgehead atoms. The number of aliphatic hydroxyl groups excluding tert-OH is 2. The molecule has 0 spiro atoms. The minimum Gasteiger partial charge on any atom is -0.523 e. The van der Waals surface area contributed by atoms with E-state index < -0.39 is 30.5 Å². The summed E-state index contributed by atoms with van der Waals surface area (Å²) in [5.41, 5.74) is 18.5. The van der Waals surface area contributed by atoms with E-state index in [1.807, 2.05) is 68.6 Å². The fourth-order valence-electron chi connectivity index (χ4n) is 24.3. The molecule has 1 fully saturated rings. The number of carbonyl (C=O) groups is 1. The van der Waals surface area contributed by atoms with Crippen molar-refractivity contribution in [2.24, 2.45) is 35.5 Å². The Morgan fingerprint density at radius 1 is 0.438 bits per heavy atom. The fourth-order valence-corrected chi connectivity index (χ4v) is 25.4. The van der Waals surface area contributed by atoms with Gasteiger partial charge >= 0.3 is 0 Å². The van der Waals surface area contributed by atoms with Crippen molar-refractivity contribution in [1.29, 1.82) is 0 Å². The molecule has 24 nitrogen and oxygen atoms in total. The molecule has 144 heavy (non-hydrogen) atoms. The summed E-state index contributed by atoms with van der Waals surface area (Å²) >= 11 is 0. The number of sulfone groups is 2. The van der Waals surface area contributed by atoms with Crippen molar-refractivity contribution in [3.63, 3.8) is 0 Å². The van der Waals surface area contributed by atoms with Crippen LogP contribution in [0, 0.1) is 65.3 Å². The molecule has 30 heteroatoms. The Labute approximate surface area is 834 Å². The molecule has 8 aliphatic carbocycles. The van der Waals surface area contributed by atoms with Crippen LogP contribution in [0.2, 0.25) is 0 Å². The van der Waals surface area contributed by atoms with Crippen molar-refractivity contribution in [1.82, 2.24) is 70.1 Å². The number of carbonyl (C=O) groups excluding carboxylic acids is 1. The van der Waals surface area contributed by atoms with E-state index in [0.717, 1.165) is 148 Å². The van der Waals surface area contributed by atoms with Crippen LogP contribution in [0.15, 0.2) is 228 Å². The molecule has 0 amide bonds. The molecule has 0 unspecified atom stereocenters. The Bertz CT molecular complexity index is 7860. The molecular formula is C114H109F4N15O9S2. The molecule has 22 rings (SSSR count). The lowest BCUT2D eigenvalue weighted by molar-refractivity contribution is -0.124. The van der Waals surface area contributed by atoms with Crippen LogP contribution in [0.4, 0.5) is 17.6 Å². The number of pyridine rings is 4. The number of nitrogens with zero attached hydrogens (tertiary/aromatic N) is 15. The molecule has 10 heterocycles. The van der Waals surface area contributed by atoms with Gasteiger partial charge in [0.25, 0.3) is 0 Å². The number of benzene rings is 4. The second kappa shape index (κ2) is 39.0. The molecule has 4 aromatic carbocycles. The molecule has 2 N–H and O–H groups in total. The van der Waals surface area contributed by atoms with Crippen LogP contribution >= 0.6 is 0 Å². The molecule has 1 saturated carbocycles. The van der Waals surface area contributed by atoms with Gasteiger partial charge in [0.1, 0.15) is 54.5 Å². The van der Waals surface area contributed by atoms with Gasteiger partial charge < -0.3 is 19.3 Å². The lowest BCUT2D eigenvalue weighted by Crippen LogP contribution is -2.48. The van der Waals surface area contributed by atoms with Gasteiger partial charge in [-0.1, -0.05) is 127 Å². The number of hydrogen-bond donors (Lipinski definition) is 2. The summed E-state index contributed by atoms with van der Waals surface area (Å²) in [6, 6.07) is 41.5. The van der Waals surface area contributed by atoms with E-state index in [1.54, 1.807) is 116 Å². The predicted molar refractivity (Wildman–Crippen MR) is 543 cm³/mol. The monoisotopic (exact) mass is 1970 g/mol. The van der Waals surface area contributed by atoms with Crippen molar-refractivity contribution in [2.45, 2.75) is 179 Å². The summed E-state index contributed by atoms with van der Waals surface area (Å²) in [7, 11) is -6.29. The van der Waals surface area contributed by atoms with Crippen molar-refractivity contribution in [2.75, 3.05) is 24.0 Å². The Morgan fingerprint density at radius 2 is 0.750 bits per heavy atom. The van der Waals surface area contributed by atoms with Gasteiger partial charge in [-0.3, -0.25) is 24.7 Å². The lowest BCUT2D eigenvalue weighted by atomic mass is 9.55. The van der Waals surface area contributed by atoms with Crippen LogP contribution in [0.5, 0.6) is 0 Å². The van der Waals surface area contributed by atoms with Crippen molar-refractivity contribution in [3.8, 4) is 90.6 Å². The van der Waals surface area contributed by atoms with Gasteiger partial charge in [-0.2, -0.15) is 0 Å². The van der Waals surface area contributed by atoms with E-state index in [4.69, 9.17) is 55.5 Å². The first-order valence-corrected chi connectivity index (χ1v) is 52.8. The maximum Gasteiger partial charge on any atom is 0.203 e. The smallest absolute Gasteiger partial charge is 0.203 e. The number of rotatable bonds is 16. The summed E-state index contributed by atoms with van der Waals surface area (Å²) in [5.74, 6) is 3.37. The maximum atomic E-state index is 15.2. The Kier molecular flexibility index (Phi) is 26.6. The molecule has 734 valence electrons. The maximum absolute atomic E-state index is 15.2. The molecule has 0 saturated heterocycles. The summed E-state index contributed by atoms with van der Waals surface area (Å²) in [5, 5.41) is 28.7. The normalized spacial score (nSPS) is 23.3. The van der Waals surface area contributed by atoms with Crippen LogP contribution in [-0.4, -0.2) is 127 Å². The largest absolute Gasteiger partial charge is 0.523 e. The molecule has 8 aliphatic rings. The molecule has 0 aliphatic heterocycles. The van der Waals surface area contributed by atoms with Crippen LogP contribution < -0.4 is 0 Å². The van der Waals surface area contributed by atoms with Crippen molar-refractivity contribution in [3.05, 3.63) is 344 Å². The second-order valence-electron chi connectivity index (χ2n) is 40.5. The Morgan fingerprint density at radius 3 is 1.08 bits per heavy atom. The first-order valence-electron chi connectivity index (χ1n) is 48.6. The predicted octanol–water partition coefficient (Wildman–Crippen LogP) is 22.6. The molecule has 0 radical (unpaired) electrons. The zero-order valence-corrected chi connectivity index (χ0v) is 83.3. The average Bonchev–Trinajstić information content (AvgIpc) is 0.947. The second-order valence-corrected chi connectivity index (χ2v) is 45.0. The van der Waals surface area contributed by atoms with Crippen LogP contribution in [-0.2, 0) is 97.5 Å². The quantitative estimate of drug-likeness (QED) is 0.0393. The standard InChI is InChI=1S/2C29H29FN4O3S.C28H25FN4O.C28H26FN3O2/c1-17-23-9-8-22-25(21-6-4-5-7-24(21)30)33-28(18-10-12-31-20(14-18)11-13-38(3,35)36)34-27(22)29(23,2)15-19-16-32-37-26(17)19;1-17-22-10-9-21-25(20-7-5-6-8-23(20)30)33-28(18-11-13-32-19(15-18)12-14-38(4,36)37)34-27(21)29(22,2)16-24(31-3)26(17)35;1-4-19-13-17(11-12-30-19)27-32-24(20-7-5-6-8-23(20)29)21-9-10-22-16(2)25-18(15-31-34-25)14-28(22,3)26(21)33-27;1-4-19-13-17(11-12-30-19)27-31-24(20-7-5-6-8-23(20)29)21-9-10-22-16(2)25(34)18(15-33)14-28(22,3)26(21)32-27/h4-7,10,12,14,16-17,23H,8-9,11,13,15H2,1-3H3;5-8,11,13,15,17,22,35H,9-10,12,14,16H2,1-2,4H3;4-8,11-13,15-16,22H,1,9-10,14H2,2-3H3;4-8,11-13,15-16,22,33H,1,9-10,14H2,2-3H3/b;;;18-15-/t17-,23-,29-;17-,22-,29-;2*16-,22-,28-/m1111/s1. The van der Waals surface area contributed by atoms with E-state index in [2.05, 4.69) is 89.8 Å². The highest BCUT2D eigenvalue weighted by molar-refractivity contribution is 7.90. The highest BCUT2D eigenvalue weighted by Crippen LogP contribution is 2.60. The van der Waals surface area contributed by atoms with Gasteiger partial charge in [-0.05, 0) is 210 Å². The third kappa shape index (κ3) is 18.4. The number of aliphatic hydroxyl groups is 2. The highest BCUT2D eigenvalue weighted by atomic mass is 32.2. The number of halogens is 4. The number of aryl methyl sites for hydroxylation is 2. The van der Waals surface area contributed by atoms with Crippen LogP contribution in [0.25, 0.3) is 108 Å². The number of allylic oxidation sites excluding steroid dienone is 3. The third-order valence-electron chi connectivity index (χ3n) is 31.5. The van der Waals surface area contributed by atoms with E-state index >= 15 is 13.2 Å². The van der Waals surface area contributed by atoms with E-state index in [9.17, 15) is 36.2 Å². The zero-order chi connectivity index (χ0) is 101. The molecular weight excluding hydrogens is 1860 g/mol. The SMILES string of the molecule is C=Cc1cc(-c2nc(-c3ccccc3F)c3c(n2)[C@]2(C)C/C(=C/O)C(=O)[C@H](C)[C@H]2CC3)ccn1.C=Cc1cc(-c2nc(-c3ccccc3F)c3c(n2)[C@]2(C)Cc4cnoc4[C@H](C)[C@H]2CC3)ccn1.C[C@H]1c2oncc2C[C@@]2(C)c3nc(-c4ccnc(CCS(C)(=O)=O)c4)nc(-c4ccccc4F)c3CC[C@H]12.[C-]#[N+]C1=C(O)[C@H](C)[C@H]2CCc3c(-c4ccccc4F)nc(-c4ccnc(CCS(C)(=O)=O)c4)nc3[C@]2(C)C1. The van der Waals surface area contributed by atoms with E-state index in [0.29, 0.717) is 140 Å². The number of fused-ring (bicyclic) bond motifs is 14. The topological polar surface area (TPSA) is 337 Å². The summed E-state index contributed by atoms with van der Waals surface area (Å²) in [4.78, 5) is 73.8. The van der Waals surface area contributed by atoms with Gasteiger partial charge in [0, 0.05) is 190 Å². The van der Waals surface area contributed by atoms with Gasteiger partial charge in [-0.25, -0.2) is 79.1 Å². The molecule has 10 aromatic heterocycles. The highest BCUT2D eigenvalue weighted by Gasteiger charge is 2.56.